The minimum atomic E-state index is -4.61. The van der Waals surface area contributed by atoms with Gasteiger partial charge in [0.05, 0.1) is 21.2 Å². The fourth-order valence-electron chi connectivity index (χ4n) is 2.79. The van der Waals surface area contributed by atoms with E-state index in [-0.39, 0.29) is 21.2 Å². The SMILES string of the molecule is CC1(C)CCc2cc(S(=O)(=O)Nc3cc(C(F)(F)F)ccc3Cl)ccc2O1. The maximum Gasteiger partial charge on any atom is 0.416 e. The van der Waals surface area contributed by atoms with Gasteiger partial charge >= 0.3 is 6.18 Å². The van der Waals surface area contributed by atoms with Gasteiger partial charge in [0.25, 0.3) is 10.0 Å². The number of halogens is 4. The summed E-state index contributed by atoms with van der Waals surface area (Å²) in [6, 6.07) is 6.84. The molecular weight excluding hydrogens is 403 g/mol. The zero-order valence-corrected chi connectivity index (χ0v) is 16.1. The molecule has 0 aromatic heterocycles. The Hall–Kier alpha value is -1.93. The van der Waals surface area contributed by atoms with Crippen LogP contribution in [0.15, 0.2) is 41.3 Å². The lowest BCUT2D eigenvalue weighted by Gasteiger charge is -2.32. The third kappa shape index (κ3) is 4.32. The minimum Gasteiger partial charge on any atom is -0.488 e. The van der Waals surface area contributed by atoms with Crippen LogP contribution < -0.4 is 9.46 Å². The number of nitrogens with one attached hydrogen (secondary N) is 1. The summed E-state index contributed by atoms with van der Waals surface area (Å²) in [5.41, 5.74) is -0.934. The standard InChI is InChI=1S/C18H17ClF3NO3S/c1-17(2)8-7-11-9-13(4-6-16(11)26-17)27(24,25)23-15-10-12(18(20,21)22)3-5-14(15)19/h3-6,9-10,23H,7-8H2,1-2H3. The Morgan fingerprint density at radius 2 is 1.85 bits per heavy atom. The Morgan fingerprint density at radius 1 is 1.15 bits per heavy atom. The van der Waals surface area contributed by atoms with E-state index >= 15 is 0 Å². The van der Waals surface area contributed by atoms with E-state index < -0.39 is 21.8 Å². The van der Waals surface area contributed by atoms with Gasteiger partial charge in [-0.3, -0.25) is 4.72 Å². The van der Waals surface area contributed by atoms with Crippen molar-refractivity contribution in [1.82, 2.24) is 0 Å². The van der Waals surface area contributed by atoms with Crippen LogP contribution in [0.5, 0.6) is 5.75 Å². The highest BCUT2D eigenvalue weighted by Crippen LogP contribution is 2.36. The highest BCUT2D eigenvalue weighted by atomic mass is 35.5. The molecule has 4 nitrogen and oxygen atoms in total. The first-order valence-corrected chi connectivity index (χ1v) is 9.95. The second kappa shape index (κ2) is 6.60. The van der Waals surface area contributed by atoms with Gasteiger partial charge in [-0.05, 0) is 68.7 Å². The predicted molar refractivity (Wildman–Crippen MR) is 96.7 cm³/mol. The number of fused-ring (bicyclic) bond motifs is 1. The van der Waals surface area contributed by atoms with Crippen LogP contribution in [-0.4, -0.2) is 14.0 Å². The molecule has 3 rings (SSSR count). The molecule has 1 heterocycles. The summed E-state index contributed by atoms with van der Waals surface area (Å²) >= 11 is 5.87. The third-order valence-corrected chi connectivity index (χ3v) is 5.96. The van der Waals surface area contributed by atoms with Crippen molar-refractivity contribution in [3.05, 3.63) is 52.5 Å². The molecule has 0 unspecified atom stereocenters. The molecule has 1 N–H and O–H groups in total. The van der Waals surface area contributed by atoms with Gasteiger partial charge in [-0.2, -0.15) is 13.2 Å². The Bertz CT molecular complexity index is 988. The van der Waals surface area contributed by atoms with Crippen molar-refractivity contribution in [3.63, 3.8) is 0 Å². The predicted octanol–water partition coefficient (Wildman–Crippen LogP) is 5.26. The van der Waals surface area contributed by atoms with E-state index in [0.29, 0.717) is 18.2 Å². The lowest BCUT2D eigenvalue weighted by molar-refractivity contribution is -0.137. The van der Waals surface area contributed by atoms with E-state index in [1.54, 1.807) is 6.07 Å². The zero-order chi connectivity index (χ0) is 20.0. The first-order valence-electron chi connectivity index (χ1n) is 8.09. The summed E-state index contributed by atoms with van der Waals surface area (Å²) in [5, 5.41) is -0.130. The van der Waals surface area contributed by atoms with E-state index in [2.05, 4.69) is 4.72 Å². The number of rotatable bonds is 3. The van der Waals surface area contributed by atoms with E-state index in [0.717, 1.165) is 24.1 Å². The molecular formula is C18H17ClF3NO3S. The molecule has 2 aromatic carbocycles. The largest absolute Gasteiger partial charge is 0.488 e. The van der Waals surface area contributed by atoms with Crippen LogP contribution in [0.2, 0.25) is 5.02 Å². The molecule has 1 aliphatic heterocycles. The number of hydrogen-bond donors (Lipinski definition) is 1. The molecule has 0 fully saturated rings. The Kier molecular flexibility index (Phi) is 4.84. The summed E-state index contributed by atoms with van der Waals surface area (Å²) in [6.45, 7) is 3.88. The Labute approximate surface area is 160 Å². The van der Waals surface area contributed by atoms with Crippen molar-refractivity contribution >= 4 is 27.3 Å². The molecule has 0 bridgehead atoms. The summed E-state index contributed by atoms with van der Waals surface area (Å²) < 4.78 is 71.8. The number of aryl methyl sites for hydroxylation is 1. The van der Waals surface area contributed by atoms with Gasteiger partial charge in [-0.15, -0.1) is 0 Å². The lowest BCUT2D eigenvalue weighted by atomic mass is 9.94. The van der Waals surface area contributed by atoms with Crippen molar-refractivity contribution in [2.24, 2.45) is 0 Å². The minimum absolute atomic E-state index is 0.0713. The Balaban J connectivity index is 1.92. The average molecular weight is 420 g/mol. The van der Waals surface area contributed by atoms with Gasteiger partial charge in [0.2, 0.25) is 0 Å². The monoisotopic (exact) mass is 419 g/mol. The number of benzene rings is 2. The fraction of sp³-hybridized carbons (Fsp3) is 0.333. The highest BCUT2D eigenvalue weighted by molar-refractivity contribution is 7.92. The van der Waals surface area contributed by atoms with Crippen LogP contribution in [0.3, 0.4) is 0 Å². The topological polar surface area (TPSA) is 55.4 Å². The van der Waals surface area contributed by atoms with Crippen molar-refractivity contribution in [3.8, 4) is 5.75 Å². The van der Waals surface area contributed by atoms with Gasteiger partial charge in [-0.25, -0.2) is 8.42 Å². The van der Waals surface area contributed by atoms with E-state index in [1.807, 2.05) is 13.8 Å². The summed E-state index contributed by atoms with van der Waals surface area (Å²) in [7, 11) is -4.12. The zero-order valence-electron chi connectivity index (χ0n) is 14.5. The fourth-order valence-corrected chi connectivity index (χ4v) is 4.13. The van der Waals surface area contributed by atoms with Crippen LogP contribution in [0.4, 0.5) is 18.9 Å². The smallest absolute Gasteiger partial charge is 0.416 e. The first-order chi connectivity index (χ1) is 12.4. The first kappa shape index (κ1) is 19.8. The number of alkyl halides is 3. The van der Waals surface area contributed by atoms with Crippen LogP contribution in [0.1, 0.15) is 31.4 Å². The Morgan fingerprint density at radius 3 is 2.52 bits per heavy atom. The molecule has 0 spiro atoms. The summed E-state index contributed by atoms with van der Waals surface area (Å²) in [5.74, 6) is 0.599. The maximum absolute atomic E-state index is 12.9. The van der Waals surface area contributed by atoms with Crippen LogP contribution in [-0.2, 0) is 22.6 Å². The summed E-state index contributed by atoms with van der Waals surface area (Å²) in [6.07, 6.45) is -3.26. The molecule has 9 heteroatoms. The average Bonchev–Trinajstić information content (AvgIpc) is 2.54. The van der Waals surface area contributed by atoms with Crippen LogP contribution in [0, 0.1) is 0 Å². The molecule has 2 aromatic rings. The second-order valence-corrected chi connectivity index (χ2v) is 9.02. The molecule has 0 atom stereocenters. The van der Waals surface area contributed by atoms with Crippen molar-refractivity contribution in [1.29, 1.82) is 0 Å². The van der Waals surface area contributed by atoms with Gasteiger partial charge < -0.3 is 4.74 Å². The quantitative estimate of drug-likeness (QED) is 0.738. The van der Waals surface area contributed by atoms with Gasteiger partial charge in [0.15, 0.2) is 0 Å². The highest BCUT2D eigenvalue weighted by Gasteiger charge is 2.32. The third-order valence-electron chi connectivity index (χ3n) is 4.26. The molecule has 146 valence electrons. The van der Waals surface area contributed by atoms with E-state index in [1.165, 1.54) is 12.1 Å². The second-order valence-electron chi connectivity index (χ2n) is 6.93. The summed E-state index contributed by atoms with van der Waals surface area (Å²) in [4.78, 5) is -0.0713. The number of sulfonamides is 1. The van der Waals surface area contributed by atoms with Gasteiger partial charge in [0, 0.05) is 0 Å². The molecule has 0 saturated heterocycles. The van der Waals surface area contributed by atoms with Gasteiger partial charge in [0.1, 0.15) is 11.4 Å². The van der Waals surface area contributed by atoms with E-state index in [4.69, 9.17) is 16.3 Å². The molecule has 0 aliphatic carbocycles. The lowest BCUT2D eigenvalue weighted by Crippen LogP contribution is -2.32. The molecule has 0 radical (unpaired) electrons. The van der Waals surface area contributed by atoms with Crippen molar-refractivity contribution in [2.45, 2.75) is 43.4 Å². The van der Waals surface area contributed by atoms with Crippen molar-refractivity contribution < 1.29 is 26.3 Å². The van der Waals surface area contributed by atoms with E-state index in [9.17, 15) is 21.6 Å². The van der Waals surface area contributed by atoms with Crippen LogP contribution in [0.25, 0.3) is 0 Å². The normalized spacial score (nSPS) is 16.4. The number of ether oxygens (including phenoxy) is 1. The maximum atomic E-state index is 12.9. The van der Waals surface area contributed by atoms with Gasteiger partial charge in [-0.1, -0.05) is 11.6 Å². The molecule has 0 amide bonds. The number of hydrogen-bond acceptors (Lipinski definition) is 3. The molecule has 1 aliphatic rings. The number of anilines is 1. The molecule has 0 saturated carbocycles. The molecule has 27 heavy (non-hydrogen) atoms. The van der Waals surface area contributed by atoms with Crippen LogP contribution >= 0.6 is 11.6 Å². The van der Waals surface area contributed by atoms with Crippen molar-refractivity contribution in [2.75, 3.05) is 4.72 Å².